The highest BCUT2D eigenvalue weighted by molar-refractivity contribution is 7.98. The van der Waals surface area contributed by atoms with Crippen molar-refractivity contribution in [3.8, 4) is 17.2 Å². The molecule has 0 aliphatic rings. The number of aromatic nitrogens is 3. The lowest BCUT2D eigenvalue weighted by atomic mass is 10.1. The highest BCUT2D eigenvalue weighted by atomic mass is 32.2. The van der Waals surface area contributed by atoms with E-state index in [2.05, 4.69) is 15.5 Å². The molecule has 0 saturated heterocycles. The van der Waals surface area contributed by atoms with Crippen LogP contribution in [0.3, 0.4) is 0 Å². The van der Waals surface area contributed by atoms with E-state index in [0.717, 1.165) is 17.8 Å². The molecule has 7 nitrogen and oxygen atoms in total. The van der Waals surface area contributed by atoms with Crippen LogP contribution in [0.5, 0.6) is 11.5 Å². The van der Waals surface area contributed by atoms with Crippen molar-refractivity contribution >= 4 is 17.7 Å². The molecule has 4 rings (SSSR count). The molecule has 1 heterocycles. The van der Waals surface area contributed by atoms with E-state index < -0.39 is 11.7 Å². The topological polar surface area (TPSA) is 78.3 Å². The Morgan fingerprint density at radius 3 is 2.19 bits per heavy atom. The second-order valence-electron chi connectivity index (χ2n) is 7.84. The van der Waals surface area contributed by atoms with Crippen LogP contribution in [0.4, 0.5) is 13.2 Å². The van der Waals surface area contributed by atoms with Crippen molar-refractivity contribution in [1.29, 1.82) is 0 Å². The van der Waals surface area contributed by atoms with E-state index in [1.165, 1.54) is 38.1 Å². The molecule has 0 spiro atoms. The van der Waals surface area contributed by atoms with Gasteiger partial charge >= 0.3 is 6.18 Å². The Morgan fingerprint density at radius 1 is 0.946 bits per heavy atom. The maximum absolute atomic E-state index is 12.9. The fraction of sp³-hybridized carbons (Fsp3) is 0.192. The molecule has 192 valence electrons. The van der Waals surface area contributed by atoms with Gasteiger partial charge in [0, 0.05) is 23.1 Å². The van der Waals surface area contributed by atoms with E-state index in [9.17, 15) is 18.0 Å². The summed E-state index contributed by atoms with van der Waals surface area (Å²) in [7, 11) is 3.01. The van der Waals surface area contributed by atoms with Crippen molar-refractivity contribution in [3.05, 3.63) is 95.3 Å². The van der Waals surface area contributed by atoms with Gasteiger partial charge < -0.3 is 14.8 Å². The number of carbonyl (C=O) groups is 1. The first-order chi connectivity index (χ1) is 17.8. The van der Waals surface area contributed by atoms with Crippen LogP contribution >= 0.6 is 11.8 Å². The van der Waals surface area contributed by atoms with E-state index in [-0.39, 0.29) is 12.5 Å². The zero-order valence-corrected chi connectivity index (χ0v) is 20.8. The highest BCUT2D eigenvalue weighted by Crippen LogP contribution is 2.31. The van der Waals surface area contributed by atoms with Gasteiger partial charge in [0.1, 0.15) is 11.5 Å². The lowest BCUT2D eigenvalue weighted by Gasteiger charge is -2.12. The molecule has 37 heavy (non-hydrogen) atoms. The summed E-state index contributed by atoms with van der Waals surface area (Å²) in [6.07, 6.45) is -4.38. The largest absolute Gasteiger partial charge is 0.497 e. The first-order valence-electron chi connectivity index (χ1n) is 11.1. The summed E-state index contributed by atoms with van der Waals surface area (Å²) in [4.78, 5) is 12.9. The highest BCUT2D eigenvalue weighted by Gasteiger charge is 2.30. The van der Waals surface area contributed by atoms with Gasteiger partial charge in [-0.25, -0.2) is 0 Å². The van der Waals surface area contributed by atoms with Gasteiger partial charge in [-0.2, -0.15) is 13.2 Å². The Labute approximate surface area is 215 Å². The van der Waals surface area contributed by atoms with Gasteiger partial charge in [0.25, 0.3) is 5.91 Å². The van der Waals surface area contributed by atoms with Gasteiger partial charge in [0.15, 0.2) is 11.0 Å². The molecule has 0 bridgehead atoms. The van der Waals surface area contributed by atoms with Gasteiger partial charge in [-0.1, -0.05) is 42.1 Å². The van der Waals surface area contributed by atoms with Gasteiger partial charge in [-0.3, -0.25) is 9.36 Å². The van der Waals surface area contributed by atoms with Crippen LogP contribution in [-0.4, -0.2) is 34.9 Å². The number of nitrogens with zero attached hydrogens (tertiary/aromatic N) is 3. The number of rotatable bonds is 9. The van der Waals surface area contributed by atoms with E-state index in [4.69, 9.17) is 9.47 Å². The van der Waals surface area contributed by atoms with Crippen LogP contribution in [0.15, 0.2) is 78.0 Å². The summed E-state index contributed by atoms with van der Waals surface area (Å²) in [6, 6.07) is 19.3. The summed E-state index contributed by atoms with van der Waals surface area (Å²) in [5.74, 6) is 1.50. The van der Waals surface area contributed by atoms with Gasteiger partial charge in [-0.15, -0.1) is 10.2 Å². The zero-order valence-electron chi connectivity index (χ0n) is 20.0. The second kappa shape index (κ2) is 11.4. The number of hydrogen-bond donors (Lipinski definition) is 1. The third-order valence-electron chi connectivity index (χ3n) is 5.38. The molecule has 1 aromatic heterocycles. The summed E-state index contributed by atoms with van der Waals surface area (Å²) in [5.41, 5.74) is 1.16. The Bertz CT molecular complexity index is 1340. The average molecular weight is 529 g/mol. The van der Waals surface area contributed by atoms with E-state index in [1.807, 2.05) is 30.3 Å². The van der Waals surface area contributed by atoms with Gasteiger partial charge in [0.2, 0.25) is 0 Å². The number of methoxy groups -OCH3 is 2. The molecule has 0 radical (unpaired) electrons. The van der Waals surface area contributed by atoms with Crippen LogP contribution in [0.25, 0.3) is 5.69 Å². The molecule has 1 amide bonds. The summed E-state index contributed by atoms with van der Waals surface area (Å²) in [6.45, 7) is 0.0844. The molecule has 4 aromatic rings. The third kappa shape index (κ3) is 6.42. The van der Waals surface area contributed by atoms with Crippen LogP contribution in [0.2, 0.25) is 0 Å². The monoisotopic (exact) mass is 528 g/mol. The smallest absolute Gasteiger partial charge is 0.416 e. The Balaban J connectivity index is 1.53. The van der Waals surface area contributed by atoms with Crippen LogP contribution in [0, 0.1) is 0 Å². The maximum atomic E-state index is 12.9. The normalized spacial score (nSPS) is 11.3. The molecule has 0 aliphatic heterocycles. The first-order valence-corrected chi connectivity index (χ1v) is 12.1. The number of alkyl halides is 3. The molecular weight excluding hydrogens is 505 g/mol. The van der Waals surface area contributed by atoms with E-state index >= 15 is 0 Å². The van der Waals surface area contributed by atoms with Crippen molar-refractivity contribution in [2.75, 3.05) is 14.2 Å². The quantitative estimate of drug-likeness (QED) is 0.288. The minimum absolute atomic E-state index is 0.0844. The molecule has 0 aliphatic carbocycles. The lowest BCUT2D eigenvalue weighted by molar-refractivity contribution is -0.137. The number of amides is 1. The number of hydrogen-bond acceptors (Lipinski definition) is 6. The zero-order chi connectivity index (χ0) is 26.4. The third-order valence-corrected chi connectivity index (χ3v) is 6.38. The molecular formula is C26H23F3N4O3S. The number of benzene rings is 3. The summed E-state index contributed by atoms with van der Waals surface area (Å²) in [5, 5.41) is 11.9. The Kier molecular flexibility index (Phi) is 8.02. The maximum Gasteiger partial charge on any atom is 0.416 e. The standard InChI is InChI=1S/C26H23F3N4O3S/c1-35-21-12-18(13-22(14-21)36-2)24(34)30-15-23-31-32-25(33(23)20-6-4-3-5-7-20)37-16-17-8-10-19(11-9-17)26(27,28)29/h3-14H,15-16H2,1-2H3,(H,30,34). The molecule has 0 unspecified atom stereocenters. The molecule has 0 saturated carbocycles. The van der Waals surface area contributed by atoms with Gasteiger partial charge in [-0.05, 0) is 42.0 Å². The molecule has 11 heteroatoms. The number of thioether (sulfide) groups is 1. The van der Waals surface area contributed by atoms with Crippen LogP contribution < -0.4 is 14.8 Å². The second-order valence-corrected chi connectivity index (χ2v) is 8.78. The molecule has 0 atom stereocenters. The fourth-order valence-electron chi connectivity index (χ4n) is 3.48. The van der Waals surface area contributed by atoms with Crippen molar-refractivity contribution in [1.82, 2.24) is 20.1 Å². The SMILES string of the molecule is COc1cc(OC)cc(C(=O)NCc2nnc(SCc3ccc(C(F)(F)F)cc3)n2-c2ccccc2)c1. The Hall–Kier alpha value is -3.99. The lowest BCUT2D eigenvalue weighted by Crippen LogP contribution is -2.24. The number of nitrogens with one attached hydrogen (secondary N) is 1. The van der Waals surface area contributed by atoms with Crippen molar-refractivity contribution in [3.63, 3.8) is 0 Å². The van der Waals surface area contributed by atoms with Crippen molar-refractivity contribution in [2.45, 2.75) is 23.6 Å². The van der Waals surface area contributed by atoms with Crippen molar-refractivity contribution < 1.29 is 27.4 Å². The van der Waals surface area contributed by atoms with Gasteiger partial charge in [0.05, 0.1) is 26.3 Å². The number of ether oxygens (including phenoxy) is 2. The number of halogens is 3. The molecule has 1 N–H and O–H groups in total. The predicted octanol–water partition coefficient (Wildman–Crippen LogP) is 5.53. The summed E-state index contributed by atoms with van der Waals surface area (Å²) >= 11 is 1.33. The number of para-hydroxylation sites is 1. The molecule has 0 fully saturated rings. The minimum atomic E-state index is -4.38. The van der Waals surface area contributed by atoms with Crippen LogP contribution in [0.1, 0.15) is 27.3 Å². The predicted molar refractivity (Wildman–Crippen MR) is 133 cm³/mol. The van der Waals surface area contributed by atoms with Crippen molar-refractivity contribution in [2.24, 2.45) is 0 Å². The first kappa shape index (κ1) is 26.1. The van der Waals surface area contributed by atoms with E-state index in [0.29, 0.717) is 39.4 Å². The average Bonchev–Trinajstić information content (AvgIpc) is 3.33. The number of carbonyl (C=O) groups excluding carboxylic acids is 1. The fourth-order valence-corrected chi connectivity index (χ4v) is 4.41. The minimum Gasteiger partial charge on any atom is -0.497 e. The Morgan fingerprint density at radius 2 is 1.59 bits per heavy atom. The van der Waals surface area contributed by atoms with Crippen LogP contribution in [-0.2, 0) is 18.5 Å². The summed E-state index contributed by atoms with van der Waals surface area (Å²) < 4.78 is 50.8. The molecule has 3 aromatic carbocycles. The van der Waals surface area contributed by atoms with E-state index in [1.54, 1.807) is 22.8 Å².